The van der Waals surface area contributed by atoms with Crippen LogP contribution in [0.4, 0.5) is 0 Å². The number of aryl methyl sites for hydroxylation is 2. The van der Waals surface area contributed by atoms with Gasteiger partial charge in [-0.15, -0.1) is 90.0 Å². The van der Waals surface area contributed by atoms with Crippen molar-refractivity contribution >= 4 is 21.9 Å². The van der Waals surface area contributed by atoms with Gasteiger partial charge in [-0.25, -0.2) is 0 Å². The van der Waals surface area contributed by atoms with Gasteiger partial charge in [0.2, 0.25) is 0 Å². The van der Waals surface area contributed by atoms with Crippen molar-refractivity contribution in [2.45, 2.75) is 95.7 Å². The molecular weight excluding hydrogens is 997 g/mol. The van der Waals surface area contributed by atoms with Crippen LogP contribution in [0.15, 0.2) is 150 Å². The van der Waals surface area contributed by atoms with Crippen LogP contribution in [0.2, 0.25) is 0 Å². The van der Waals surface area contributed by atoms with Crippen LogP contribution in [-0.4, -0.2) is 15.0 Å². The Morgan fingerprint density at radius 3 is 1.87 bits per heavy atom. The predicted octanol–water partition coefficient (Wildman–Crippen LogP) is 14.5. The number of nitrogens with zero attached hydrogens (tertiary/aromatic N) is 4. The largest absolute Gasteiger partial charge is 3.00 e. The first kappa shape index (κ1) is 38.6. The molecule has 1 aliphatic carbocycles. The first-order valence-electron chi connectivity index (χ1n) is 25.7. The fourth-order valence-corrected chi connectivity index (χ4v) is 9.40. The van der Waals surface area contributed by atoms with Crippen molar-refractivity contribution < 1.29 is 32.7 Å². The quantitative estimate of drug-likeness (QED) is 0.108. The van der Waals surface area contributed by atoms with Crippen molar-refractivity contribution in [3.63, 3.8) is 0 Å². The van der Waals surface area contributed by atoms with Crippen LogP contribution in [0, 0.1) is 29.5 Å². The van der Waals surface area contributed by atoms with Crippen molar-refractivity contribution in [3.05, 3.63) is 209 Å². The van der Waals surface area contributed by atoms with Gasteiger partial charge < -0.3 is 19.4 Å². The van der Waals surface area contributed by atoms with Crippen LogP contribution in [0.1, 0.15) is 112 Å². The van der Waals surface area contributed by atoms with Gasteiger partial charge in [0.15, 0.2) is 0 Å². The number of nitriles is 1. The molecule has 5 aromatic carbocycles. The van der Waals surface area contributed by atoms with Gasteiger partial charge in [0.05, 0.1) is 18.6 Å². The van der Waals surface area contributed by atoms with Gasteiger partial charge in [0.1, 0.15) is 5.58 Å². The summed E-state index contributed by atoms with van der Waals surface area (Å²) in [4.78, 5) is 14.4. The third-order valence-electron chi connectivity index (χ3n) is 13.0. The second kappa shape index (κ2) is 19.4. The van der Waals surface area contributed by atoms with Crippen LogP contribution in [-0.2, 0) is 56.5 Å². The topological polar surface area (TPSA) is 75.6 Å². The van der Waals surface area contributed by atoms with E-state index in [1.165, 1.54) is 6.20 Å². The average molecular weight is 1060 g/mol. The Morgan fingerprint density at radius 1 is 0.687 bits per heavy atom. The van der Waals surface area contributed by atoms with E-state index < -0.39 is 29.5 Å². The molecule has 67 heavy (non-hydrogen) atoms. The summed E-state index contributed by atoms with van der Waals surface area (Å²) < 4.78 is 64.7. The fourth-order valence-electron chi connectivity index (χ4n) is 9.40. The van der Waals surface area contributed by atoms with E-state index in [1.807, 2.05) is 91.3 Å². The standard InChI is InChI=1S/C61H53N4O.Ir/c1-60(2,49-25-28-55(64-39-49)46-16-7-5-8-17-46)35-43-30-41(31-44(32-43)36-61(3,4)50-26-29-56(65-40-50)47-18-9-6-10-19-47)22-24-48-38-63-57(34-54(48)45-14-11-12-15-45)53-21-13-20-52-51-27-23-42(37-62)33-58(51)66-59(52)53;/h5-10,13,16,18,20,23,25-34,38-40,45H,11-12,14-15,22,24,35-36H2,1-4H3;/q-3;+3/i22D2,24D2,33D,45D;. The number of rotatable bonds is 13. The first-order valence-corrected chi connectivity index (χ1v) is 22.7. The molecule has 6 heteroatoms. The molecule has 0 N–H and O–H groups in total. The minimum Gasteiger partial charge on any atom is -0.501 e. The van der Waals surface area contributed by atoms with E-state index in [9.17, 15) is 12.1 Å². The SMILES string of the molecule is [2H]c1c(C#N)ccc2c1oc1c(-c3cc(C4([2H])CCCC4)c(C([2H])([2H])C([2H])([2H])c4cc(CC(C)(C)c5ccc(-c6[c-]cccc6)nc5)cc(CC(C)(C)c5ccc(-c6[c-]cccc6)nc5)c4)cn3)[c-]ccc12.[Ir+3]. The van der Waals surface area contributed by atoms with Crippen molar-refractivity contribution in [2.75, 3.05) is 0 Å². The third kappa shape index (κ3) is 9.82. The molecule has 9 aromatic rings. The molecule has 332 valence electrons. The van der Waals surface area contributed by atoms with Gasteiger partial charge >= 0.3 is 20.1 Å². The average Bonchev–Trinajstić information content (AvgIpc) is 4.01. The maximum atomic E-state index is 9.99. The zero-order valence-electron chi connectivity index (χ0n) is 44.1. The van der Waals surface area contributed by atoms with E-state index in [-0.39, 0.29) is 48.4 Å². The van der Waals surface area contributed by atoms with E-state index in [4.69, 9.17) is 20.7 Å². The molecular formula is C61H53IrN4O. The normalized spacial score (nSPS) is 15.4. The molecule has 0 aliphatic heterocycles. The van der Waals surface area contributed by atoms with Gasteiger partial charge in [-0.3, -0.25) is 0 Å². The zero-order chi connectivity index (χ0) is 50.6. The predicted molar refractivity (Wildman–Crippen MR) is 266 cm³/mol. The monoisotopic (exact) mass is 1060 g/mol. The Hall–Kier alpha value is -6.51. The molecule has 0 bridgehead atoms. The molecule has 5 nitrogen and oxygen atoms in total. The van der Waals surface area contributed by atoms with E-state index in [2.05, 4.69) is 70.2 Å². The van der Waals surface area contributed by atoms with Gasteiger partial charge in [-0.05, 0) is 123 Å². The number of aromatic nitrogens is 3. The molecule has 0 atom stereocenters. The fraction of sp³-hybridized carbons (Fsp3) is 0.246. The van der Waals surface area contributed by atoms with E-state index in [1.54, 1.807) is 24.3 Å². The first-order chi connectivity index (χ1) is 34.4. The summed E-state index contributed by atoms with van der Waals surface area (Å²) in [5.41, 5.74) is 8.55. The molecule has 1 fully saturated rings. The van der Waals surface area contributed by atoms with Gasteiger partial charge in [0, 0.05) is 30.8 Å². The van der Waals surface area contributed by atoms with Crippen molar-refractivity contribution in [1.82, 2.24) is 15.0 Å². The van der Waals surface area contributed by atoms with Crippen LogP contribution in [0.5, 0.6) is 0 Å². The molecule has 0 amide bonds. The maximum Gasteiger partial charge on any atom is 3.00 e. The molecule has 0 spiro atoms. The van der Waals surface area contributed by atoms with Crippen LogP contribution < -0.4 is 0 Å². The Bertz CT molecular complexity index is 3400. The van der Waals surface area contributed by atoms with Crippen molar-refractivity contribution in [3.8, 4) is 39.8 Å². The molecule has 10 rings (SSSR count). The van der Waals surface area contributed by atoms with Gasteiger partial charge in [-0.1, -0.05) is 106 Å². The Balaban J connectivity index is 0.00000656. The summed E-state index contributed by atoms with van der Waals surface area (Å²) in [7, 11) is 0. The van der Waals surface area contributed by atoms with Crippen molar-refractivity contribution in [1.29, 1.82) is 5.26 Å². The molecule has 4 heterocycles. The van der Waals surface area contributed by atoms with E-state index in [0.717, 1.165) is 57.6 Å². The molecule has 0 saturated heterocycles. The summed E-state index contributed by atoms with van der Waals surface area (Å²) in [5.74, 6) is -1.21. The molecule has 0 unspecified atom stereocenters. The summed E-state index contributed by atoms with van der Waals surface area (Å²) in [5, 5.41) is 11.0. The van der Waals surface area contributed by atoms with Gasteiger partial charge in [0.25, 0.3) is 0 Å². The molecule has 1 aliphatic rings. The zero-order valence-corrected chi connectivity index (χ0v) is 40.4. The Labute approximate surface area is 417 Å². The number of fused-ring (bicyclic) bond motifs is 3. The van der Waals surface area contributed by atoms with Crippen molar-refractivity contribution in [2.24, 2.45) is 0 Å². The second-order valence-corrected chi connectivity index (χ2v) is 18.7. The molecule has 1 saturated carbocycles. The Kier molecular flexibility index (Phi) is 11.2. The second-order valence-electron chi connectivity index (χ2n) is 18.7. The number of hydrogen-bond acceptors (Lipinski definition) is 5. The number of hydrogen-bond donors (Lipinski definition) is 0. The van der Waals surface area contributed by atoms with Crippen LogP contribution in [0.3, 0.4) is 0 Å². The van der Waals surface area contributed by atoms with Gasteiger partial charge in [-0.2, -0.15) is 5.26 Å². The van der Waals surface area contributed by atoms with Crippen LogP contribution >= 0.6 is 0 Å². The summed E-state index contributed by atoms with van der Waals surface area (Å²) >= 11 is 0. The smallest absolute Gasteiger partial charge is 0.501 e. The van der Waals surface area contributed by atoms with E-state index in [0.29, 0.717) is 58.9 Å². The minimum absolute atomic E-state index is 0. The number of pyridine rings is 3. The summed E-state index contributed by atoms with van der Waals surface area (Å²) in [6.45, 7) is 8.58. The van der Waals surface area contributed by atoms with Crippen LogP contribution in [0.25, 0.3) is 55.7 Å². The Morgan fingerprint density at radius 2 is 1.30 bits per heavy atom. The third-order valence-corrected chi connectivity index (χ3v) is 13.0. The van der Waals surface area contributed by atoms with E-state index >= 15 is 0 Å². The molecule has 4 aromatic heterocycles. The molecule has 0 radical (unpaired) electrons. The summed E-state index contributed by atoms with van der Waals surface area (Å²) in [6.07, 6.45) is 3.44. The minimum atomic E-state index is -2.67. The number of benzene rings is 5. The maximum absolute atomic E-state index is 9.99. The number of furan rings is 1. The summed E-state index contributed by atoms with van der Waals surface area (Å²) in [6, 6.07) is 49.9.